The minimum atomic E-state index is -0.494. The van der Waals surface area contributed by atoms with Gasteiger partial charge in [-0.1, -0.05) is 36.8 Å². The lowest BCUT2D eigenvalue weighted by Crippen LogP contribution is -2.42. The molecule has 6 nitrogen and oxygen atoms in total. The molecule has 1 aromatic heterocycles. The first-order valence-electron chi connectivity index (χ1n) is 11.5. The molecule has 9 heteroatoms. The fraction of sp³-hybridized carbons (Fsp3) is 0.400. The lowest BCUT2D eigenvalue weighted by atomic mass is 10.1. The minimum absolute atomic E-state index is 0.118. The van der Waals surface area contributed by atoms with E-state index in [1.165, 1.54) is 23.5 Å². The number of nitrogens with zero attached hydrogens (tertiary/aromatic N) is 4. The Balaban J connectivity index is 1.62. The summed E-state index contributed by atoms with van der Waals surface area (Å²) in [6.45, 7) is 9.32. The van der Waals surface area contributed by atoms with Crippen molar-refractivity contribution >= 4 is 55.8 Å². The van der Waals surface area contributed by atoms with E-state index in [0.717, 1.165) is 28.9 Å². The van der Waals surface area contributed by atoms with Gasteiger partial charge in [-0.15, -0.1) is 0 Å². The zero-order valence-corrected chi connectivity index (χ0v) is 21.1. The van der Waals surface area contributed by atoms with Gasteiger partial charge in [0.25, 0.3) is 0 Å². The van der Waals surface area contributed by atoms with Gasteiger partial charge in [-0.3, -0.25) is 14.5 Å². The summed E-state index contributed by atoms with van der Waals surface area (Å²) in [5, 5.41) is 1.26. The van der Waals surface area contributed by atoms with Crippen molar-refractivity contribution in [2.75, 3.05) is 42.5 Å². The Bertz CT molecular complexity index is 1200. The van der Waals surface area contributed by atoms with E-state index in [2.05, 4.69) is 18.7 Å². The zero-order valence-electron chi connectivity index (χ0n) is 19.6. The number of anilines is 2. The van der Waals surface area contributed by atoms with Crippen molar-refractivity contribution < 1.29 is 14.0 Å². The molecule has 1 fully saturated rings. The second-order valence-corrected chi connectivity index (χ2v) is 9.83. The molecule has 0 aliphatic carbocycles. The van der Waals surface area contributed by atoms with Crippen LogP contribution in [0.4, 0.5) is 15.2 Å². The molecule has 1 aliphatic heterocycles. The number of benzene rings is 2. The second kappa shape index (κ2) is 10.4. The van der Waals surface area contributed by atoms with Crippen LogP contribution in [0.15, 0.2) is 36.4 Å². The molecule has 1 atom stereocenters. The van der Waals surface area contributed by atoms with Crippen LogP contribution in [0, 0.1) is 18.7 Å². The first kappa shape index (κ1) is 24.6. The Hall–Kier alpha value is -2.55. The van der Waals surface area contributed by atoms with Gasteiger partial charge in [0.15, 0.2) is 5.13 Å². The fourth-order valence-electron chi connectivity index (χ4n) is 4.25. The smallest absolute Gasteiger partial charge is 0.234 e. The quantitative estimate of drug-likeness (QED) is 0.428. The predicted molar refractivity (Wildman–Crippen MR) is 136 cm³/mol. The van der Waals surface area contributed by atoms with Crippen molar-refractivity contribution in [2.24, 2.45) is 5.92 Å². The lowest BCUT2D eigenvalue weighted by molar-refractivity contribution is -0.124. The molecular weight excluding hydrogens is 475 g/mol. The molecule has 2 amide bonds. The summed E-state index contributed by atoms with van der Waals surface area (Å²) in [4.78, 5) is 36.8. The number of halogens is 2. The lowest BCUT2D eigenvalue weighted by Gasteiger charge is -2.26. The summed E-state index contributed by atoms with van der Waals surface area (Å²) in [6, 6.07) is 9.55. The van der Waals surface area contributed by atoms with E-state index in [1.807, 2.05) is 19.1 Å². The molecule has 34 heavy (non-hydrogen) atoms. The maximum Gasteiger partial charge on any atom is 0.234 e. The maximum atomic E-state index is 13.7. The van der Waals surface area contributed by atoms with E-state index in [4.69, 9.17) is 16.6 Å². The topological polar surface area (TPSA) is 56.8 Å². The average Bonchev–Trinajstić information content (AvgIpc) is 3.44. The van der Waals surface area contributed by atoms with Crippen molar-refractivity contribution in [3.8, 4) is 0 Å². The van der Waals surface area contributed by atoms with Gasteiger partial charge in [0, 0.05) is 36.8 Å². The number of thiazole rings is 1. The van der Waals surface area contributed by atoms with Crippen LogP contribution in [-0.2, 0) is 9.59 Å². The molecular formula is C25H28ClFN4O2S. The number of likely N-dealkylation sites (N-methyl/N-ethyl adjacent to an activating group) is 1. The number of amides is 2. The highest BCUT2D eigenvalue weighted by Gasteiger charge is 2.38. The number of rotatable bonds is 8. The summed E-state index contributed by atoms with van der Waals surface area (Å²) in [5.74, 6) is -1.11. The SMILES string of the molecule is CCN(CC)CCN(C(=O)C1CC(=O)N(c2ccc(F)cc2)C1)c1nc2c(C)c(Cl)ccc2s1. The van der Waals surface area contributed by atoms with Crippen LogP contribution in [0.2, 0.25) is 5.02 Å². The van der Waals surface area contributed by atoms with Crippen molar-refractivity contribution in [1.82, 2.24) is 9.88 Å². The average molecular weight is 503 g/mol. The van der Waals surface area contributed by atoms with Crippen LogP contribution in [0.1, 0.15) is 25.8 Å². The first-order chi connectivity index (χ1) is 16.3. The molecule has 0 spiro atoms. The van der Waals surface area contributed by atoms with Crippen LogP contribution in [-0.4, -0.2) is 54.4 Å². The molecule has 0 N–H and O–H groups in total. The van der Waals surface area contributed by atoms with Crippen molar-refractivity contribution in [3.05, 3.63) is 52.8 Å². The number of aromatic nitrogens is 1. The molecule has 4 rings (SSSR count). The first-order valence-corrected chi connectivity index (χ1v) is 12.7. The van der Waals surface area contributed by atoms with E-state index < -0.39 is 5.92 Å². The molecule has 1 aliphatic rings. The van der Waals surface area contributed by atoms with Crippen molar-refractivity contribution in [3.63, 3.8) is 0 Å². The summed E-state index contributed by atoms with van der Waals surface area (Å²) in [6.07, 6.45) is 0.119. The van der Waals surface area contributed by atoms with Crippen molar-refractivity contribution in [2.45, 2.75) is 27.2 Å². The normalized spacial score (nSPS) is 16.1. The number of aryl methyl sites for hydroxylation is 1. The van der Waals surface area contributed by atoms with Gasteiger partial charge in [-0.25, -0.2) is 9.37 Å². The molecule has 0 saturated carbocycles. The number of fused-ring (bicyclic) bond motifs is 1. The van der Waals surface area contributed by atoms with Crippen LogP contribution in [0.5, 0.6) is 0 Å². The highest BCUT2D eigenvalue weighted by molar-refractivity contribution is 7.22. The molecule has 0 radical (unpaired) electrons. The largest absolute Gasteiger partial charge is 0.312 e. The third-order valence-corrected chi connectivity index (χ3v) is 7.83. The van der Waals surface area contributed by atoms with E-state index in [1.54, 1.807) is 21.9 Å². The number of hydrogen-bond donors (Lipinski definition) is 0. The molecule has 0 bridgehead atoms. The van der Waals surface area contributed by atoms with Gasteiger partial charge in [0.2, 0.25) is 11.8 Å². The Labute approximate surface area is 207 Å². The highest BCUT2D eigenvalue weighted by Crippen LogP contribution is 2.35. The third-order valence-electron chi connectivity index (χ3n) is 6.38. The Morgan fingerprint density at radius 3 is 2.56 bits per heavy atom. The highest BCUT2D eigenvalue weighted by atomic mass is 35.5. The number of hydrogen-bond acceptors (Lipinski definition) is 5. The van der Waals surface area contributed by atoms with Gasteiger partial charge >= 0.3 is 0 Å². The van der Waals surface area contributed by atoms with E-state index in [-0.39, 0.29) is 30.6 Å². The molecule has 3 aromatic rings. The van der Waals surface area contributed by atoms with E-state index in [0.29, 0.717) is 28.9 Å². The summed E-state index contributed by atoms with van der Waals surface area (Å²) < 4.78 is 14.3. The minimum Gasteiger partial charge on any atom is -0.312 e. The van der Waals surface area contributed by atoms with E-state index >= 15 is 0 Å². The van der Waals surface area contributed by atoms with Crippen LogP contribution >= 0.6 is 22.9 Å². The zero-order chi connectivity index (χ0) is 24.4. The molecule has 2 aromatic carbocycles. The van der Waals surface area contributed by atoms with Gasteiger partial charge in [-0.2, -0.15) is 0 Å². The standard InChI is InChI=1S/C25H28ClFN4O2S/c1-4-29(5-2)12-13-30(25-28-23-16(3)20(26)10-11-21(23)34-25)24(33)17-14-22(32)31(15-17)19-8-6-18(27)7-9-19/h6-11,17H,4-5,12-15H2,1-3H3. The van der Waals surface area contributed by atoms with Crippen LogP contribution in [0.25, 0.3) is 10.2 Å². The van der Waals surface area contributed by atoms with Gasteiger partial charge in [0.1, 0.15) is 5.82 Å². The van der Waals surface area contributed by atoms with Crippen LogP contribution < -0.4 is 9.80 Å². The predicted octanol–water partition coefficient (Wildman–Crippen LogP) is 5.13. The molecule has 1 unspecified atom stereocenters. The molecule has 180 valence electrons. The van der Waals surface area contributed by atoms with Gasteiger partial charge in [-0.05, 0) is 62.0 Å². The maximum absolute atomic E-state index is 13.7. The Morgan fingerprint density at radius 2 is 1.88 bits per heavy atom. The Morgan fingerprint density at radius 1 is 1.18 bits per heavy atom. The third kappa shape index (κ3) is 4.94. The monoisotopic (exact) mass is 502 g/mol. The van der Waals surface area contributed by atoms with Gasteiger partial charge < -0.3 is 9.80 Å². The van der Waals surface area contributed by atoms with Crippen LogP contribution in [0.3, 0.4) is 0 Å². The Kier molecular flexibility index (Phi) is 7.50. The summed E-state index contributed by atoms with van der Waals surface area (Å²) in [7, 11) is 0. The van der Waals surface area contributed by atoms with Gasteiger partial charge in [0.05, 0.1) is 16.1 Å². The van der Waals surface area contributed by atoms with Crippen molar-refractivity contribution in [1.29, 1.82) is 0 Å². The summed E-state index contributed by atoms with van der Waals surface area (Å²) >= 11 is 7.75. The molecule has 2 heterocycles. The summed E-state index contributed by atoms with van der Waals surface area (Å²) in [5.41, 5.74) is 2.28. The molecule has 1 saturated heterocycles. The number of carbonyl (C=O) groups is 2. The fourth-order valence-corrected chi connectivity index (χ4v) is 5.46. The second-order valence-electron chi connectivity index (χ2n) is 8.41. The van der Waals surface area contributed by atoms with E-state index in [9.17, 15) is 14.0 Å². The number of carbonyl (C=O) groups excluding carboxylic acids is 2.